The average molecular weight is 461 g/mol. The Bertz CT molecular complexity index is 1490. The van der Waals surface area contributed by atoms with Crippen molar-refractivity contribution >= 4 is 34.2 Å². The van der Waals surface area contributed by atoms with Gasteiger partial charge < -0.3 is 4.90 Å². The van der Waals surface area contributed by atoms with E-state index in [-0.39, 0.29) is 12.5 Å². The minimum atomic E-state index is -0.633. The molecule has 0 aliphatic heterocycles. The molecule has 0 radical (unpaired) electrons. The molecule has 1 N–H and O–H groups in total. The fourth-order valence-electron chi connectivity index (χ4n) is 3.54. The van der Waals surface area contributed by atoms with Gasteiger partial charge in [0.25, 0.3) is 0 Å². The molecule has 0 aliphatic carbocycles. The molecule has 0 spiro atoms. The van der Waals surface area contributed by atoms with Gasteiger partial charge in [-0.15, -0.1) is 5.10 Å². The van der Waals surface area contributed by atoms with Gasteiger partial charge in [0.2, 0.25) is 5.91 Å². The Labute approximate surface area is 192 Å². The number of amides is 1. The number of H-pyrrole nitrogens is 1. The van der Waals surface area contributed by atoms with Crippen molar-refractivity contribution in [2.45, 2.75) is 13.1 Å². The number of fused-ring (bicyclic) bond motifs is 1. The van der Waals surface area contributed by atoms with Gasteiger partial charge in [0.05, 0.1) is 12.1 Å². The van der Waals surface area contributed by atoms with E-state index in [0.29, 0.717) is 28.6 Å². The van der Waals surface area contributed by atoms with Crippen LogP contribution in [0.25, 0.3) is 22.4 Å². The predicted molar refractivity (Wildman–Crippen MR) is 123 cm³/mol. The lowest BCUT2D eigenvalue weighted by molar-refractivity contribution is -0.119. The summed E-state index contributed by atoms with van der Waals surface area (Å²) < 4.78 is 6.15. The Morgan fingerprint density at radius 1 is 1.06 bits per heavy atom. The molecule has 9 nitrogen and oxygen atoms in total. The van der Waals surface area contributed by atoms with E-state index in [9.17, 15) is 9.59 Å². The van der Waals surface area contributed by atoms with E-state index in [1.54, 1.807) is 39.9 Å². The molecule has 10 heteroatoms. The number of nitrogens with zero attached hydrogens (tertiary/aromatic N) is 5. The van der Waals surface area contributed by atoms with Crippen LogP contribution in [0, 0.1) is 0 Å². The molecule has 3 aromatic carbocycles. The monoisotopic (exact) mass is 460 g/mol. The van der Waals surface area contributed by atoms with Crippen molar-refractivity contribution in [3.05, 3.63) is 93.9 Å². The normalized spacial score (nSPS) is 11.1. The Balaban J connectivity index is 1.47. The Kier molecular flexibility index (Phi) is 5.45. The van der Waals surface area contributed by atoms with Crippen molar-refractivity contribution in [2.24, 2.45) is 0 Å². The summed E-state index contributed by atoms with van der Waals surface area (Å²) in [5.74, 6) is -0.492. The summed E-state index contributed by atoms with van der Waals surface area (Å²) in [6, 6.07) is 21.9. The number of aromatic amines is 1. The van der Waals surface area contributed by atoms with Crippen LogP contribution in [0.3, 0.4) is 0 Å². The maximum absolute atomic E-state index is 13.4. The SMILES string of the molecule is O=C(Cn1nnc2ccccc21)N(Cc1cccc(Cl)c1)c1ccc(-c2noc(=O)[nH]2)cc1. The lowest BCUT2D eigenvalue weighted by Gasteiger charge is -2.23. The first-order chi connectivity index (χ1) is 16.1. The van der Waals surface area contributed by atoms with Gasteiger partial charge in [-0.25, -0.2) is 9.48 Å². The summed E-state index contributed by atoms with van der Waals surface area (Å²) in [7, 11) is 0. The van der Waals surface area contributed by atoms with E-state index in [0.717, 1.165) is 16.6 Å². The van der Waals surface area contributed by atoms with Crippen molar-refractivity contribution in [3.63, 3.8) is 0 Å². The van der Waals surface area contributed by atoms with E-state index in [2.05, 4.69) is 25.0 Å². The number of carbonyl (C=O) groups excluding carboxylic acids is 1. The van der Waals surface area contributed by atoms with Crippen LogP contribution in [-0.2, 0) is 17.9 Å². The number of hydrogen-bond donors (Lipinski definition) is 1. The molecule has 0 saturated carbocycles. The maximum atomic E-state index is 13.4. The summed E-state index contributed by atoms with van der Waals surface area (Å²) in [5.41, 5.74) is 3.70. The molecule has 33 heavy (non-hydrogen) atoms. The van der Waals surface area contributed by atoms with Gasteiger partial charge in [-0.2, -0.15) is 0 Å². The molecule has 5 aromatic rings. The lowest BCUT2D eigenvalue weighted by atomic mass is 10.1. The first-order valence-corrected chi connectivity index (χ1v) is 10.4. The van der Waals surface area contributed by atoms with Gasteiger partial charge in [0.15, 0.2) is 5.82 Å². The second-order valence-electron chi connectivity index (χ2n) is 7.34. The highest BCUT2D eigenvalue weighted by Gasteiger charge is 2.19. The average Bonchev–Trinajstić information content (AvgIpc) is 3.44. The third-order valence-corrected chi connectivity index (χ3v) is 5.36. The topological polar surface area (TPSA) is 110 Å². The van der Waals surface area contributed by atoms with E-state index in [1.165, 1.54) is 0 Å². The second-order valence-corrected chi connectivity index (χ2v) is 7.77. The van der Waals surface area contributed by atoms with Crippen LogP contribution in [0.1, 0.15) is 5.56 Å². The number of aromatic nitrogens is 5. The molecule has 5 rings (SSSR count). The van der Waals surface area contributed by atoms with E-state index < -0.39 is 5.76 Å². The smallest absolute Gasteiger partial charge is 0.306 e. The first kappa shape index (κ1) is 20.7. The Morgan fingerprint density at radius 2 is 1.88 bits per heavy atom. The number of benzene rings is 3. The molecule has 2 heterocycles. The largest absolute Gasteiger partial charge is 0.439 e. The fourth-order valence-corrected chi connectivity index (χ4v) is 3.76. The highest BCUT2D eigenvalue weighted by atomic mass is 35.5. The summed E-state index contributed by atoms with van der Waals surface area (Å²) in [5, 5.41) is 12.5. The third-order valence-electron chi connectivity index (χ3n) is 5.13. The molecule has 1 amide bonds. The number of hydrogen-bond acceptors (Lipinski definition) is 6. The maximum Gasteiger partial charge on any atom is 0.439 e. The summed E-state index contributed by atoms with van der Waals surface area (Å²) in [6.07, 6.45) is 0. The van der Waals surface area contributed by atoms with Gasteiger partial charge in [-0.05, 0) is 54.1 Å². The number of carbonyl (C=O) groups is 1. The van der Waals surface area contributed by atoms with E-state index in [4.69, 9.17) is 11.6 Å². The van der Waals surface area contributed by atoms with Crippen molar-refractivity contribution in [1.29, 1.82) is 0 Å². The van der Waals surface area contributed by atoms with E-state index >= 15 is 0 Å². The summed E-state index contributed by atoms with van der Waals surface area (Å²) in [4.78, 5) is 28.8. The van der Waals surface area contributed by atoms with Crippen molar-refractivity contribution in [3.8, 4) is 11.4 Å². The zero-order valence-electron chi connectivity index (χ0n) is 17.2. The van der Waals surface area contributed by atoms with Crippen molar-refractivity contribution < 1.29 is 9.32 Å². The first-order valence-electron chi connectivity index (χ1n) is 10.1. The molecular weight excluding hydrogens is 444 g/mol. The molecule has 0 fully saturated rings. The number of rotatable bonds is 6. The van der Waals surface area contributed by atoms with Crippen LogP contribution in [0.2, 0.25) is 5.02 Å². The van der Waals surface area contributed by atoms with Crippen LogP contribution in [0.5, 0.6) is 0 Å². The minimum Gasteiger partial charge on any atom is -0.306 e. The number of para-hydroxylation sites is 1. The number of nitrogens with one attached hydrogen (secondary N) is 1. The highest BCUT2D eigenvalue weighted by molar-refractivity contribution is 6.30. The lowest BCUT2D eigenvalue weighted by Crippen LogP contribution is -2.33. The van der Waals surface area contributed by atoms with Crippen LogP contribution in [0.15, 0.2) is 82.1 Å². The minimum absolute atomic E-state index is 0.0133. The standard InChI is InChI=1S/C23H17ClN6O3/c24-17-5-3-4-15(12-17)13-29(18-10-8-16(9-11-18)22-25-23(32)33-27-22)21(31)14-30-20-7-2-1-6-19(20)26-28-30/h1-12H,13-14H2,(H,25,27,32). The molecule has 2 aromatic heterocycles. The number of halogens is 1. The third kappa shape index (κ3) is 4.39. The van der Waals surface area contributed by atoms with Crippen LogP contribution in [0.4, 0.5) is 5.69 Å². The molecule has 0 aliphatic rings. The molecule has 0 atom stereocenters. The number of anilines is 1. The zero-order chi connectivity index (χ0) is 22.8. The van der Waals surface area contributed by atoms with Gasteiger partial charge in [0, 0.05) is 16.3 Å². The van der Waals surface area contributed by atoms with Crippen molar-refractivity contribution in [1.82, 2.24) is 25.1 Å². The van der Waals surface area contributed by atoms with Crippen LogP contribution in [-0.4, -0.2) is 31.0 Å². The van der Waals surface area contributed by atoms with Gasteiger partial charge in [0.1, 0.15) is 12.1 Å². The van der Waals surface area contributed by atoms with Crippen molar-refractivity contribution in [2.75, 3.05) is 4.90 Å². The molecule has 0 unspecified atom stereocenters. The van der Waals surface area contributed by atoms with Crippen LogP contribution >= 0.6 is 11.6 Å². The summed E-state index contributed by atoms with van der Waals surface area (Å²) in [6.45, 7) is 0.325. The Hall–Kier alpha value is -4.24. The highest BCUT2D eigenvalue weighted by Crippen LogP contribution is 2.24. The summed E-state index contributed by atoms with van der Waals surface area (Å²) >= 11 is 6.15. The van der Waals surface area contributed by atoms with Gasteiger partial charge in [-0.1, -0.05) is 46.2 Å². The quantitative estimate of drug-likeness (QED) is 0.414. The molecule has 0 bridgehead atoms. The molecular formula is C23H17ClN6O3. The van der Waals surface area contributed by atoms with Crippen LogP contribution < -0.4 is 10.7 Å². The van der Waals surface area contributed by atoms with E-state index in [1.807, 2.05) is 42.5 Å². The fraction of sp³-hybridized carbons (Fsp3) is 0.0870. The molecule has 164 valence electrons. The zero-order valence-corrected chi connectivity index (χ0v) is 17.9. The van der Waals surface area contributed by atoms with Gasteiger partial charge >= 0.3 is 5.76 Å². The predicted octanol–water partition coefficient (Wildman–Crippen LogP) is 3.66. The Morgan fingerprint density at radius 3 is 2.64 bits per heavy atom. The molecule has 0 saturated heterocycles. The van der Waals surface area contributed by atoms with Gasteiger partial charge in [-0.3, -0.25) is 14.3 Å². The second kappa shape index (κ2) is 8.71.